The summed E-state index contributed by atoms with van der Waals surface area (Å²) in [5.74, 6) is -0.847. The third-order valence-corrected chi connectivity index (χ3v) is 4.55. The normalized spacial score (nSPS) is 13.2. The predicted molar refractivity (Wildman–Crippen MR) is 99.5 cm³/mol. The number of hydrogen-bond donors (Lipinski definition) is 0. The van der Waals surface area contributed by atoms with Crippen molar-refractivity contribution in [3.05, 3.63) is 77.4 Å². The van der Waals surface area contributed by atoms with Crippen LogP contribution in [0.2, 0.25) is 0 Å². The minimum atomic E-state index is -0.356. The van der Waals surface area contributed by atoms with Crippen LogP contribution < -0.4 is 4.90 Å². The molecule has 3 aromatic rings. The van der Waals surface area contributed by atoms with Crippen molar-refractivity contribution in [1.82, 2.24) is 4.90 Å². The Morgan fingerprint density at radius 1 is 0.808 bits per heavy atom. The van der Waals surface area contributed by atoms with Crippen LogP contribution in [-0.4, -0.2) is 36.7 Å². The van der Waals surface area contributed by atoms with Gasteiger partial charge in [-0.1, -0.05) is 24.3 Å². The fraction of sp³-hybridized carbons (Fsp3) is 0.0952. The summed E-state index contributed by atoms with van der Waals surface area (Å²) in [5.41, 5.74) is 1.96. The van der Waals surface area contributed by atoms with Crippen molar-refractivity contribution >= 4 is 34.2 Å². The van der Waals surface area contributed by atoms with Crippen molar-refractivity contribution in [2.75, 3.05) is 19.0 Å². The second-order valence-corrected chi connectivity index (χ2v) is 6.40. The Labute approximate surface area is 150 Å². The largest absolute Gasteiger partial charge is 0.345 e. The number of imide groups is 1. The summed E-state index contributed by atoms with van der Waals surface area (Å²) in [7, 11) is 3.34. The molecule has 0 saturated carbocycles. The highest BCUT2D eigenvalue weighted by molar-refractivity contribution is 6.35. The molecule has 1 aliphatic heterocycles. The van der Waals surface area contributed by atoms with Crippen LogP contribution in [0.4, 0.5) is 5.69 Å². The van der Waals surface area contributed by atoms with Gasteiger partial charge in [-0.15, -0.1) is 0 Å². The van der Waals surface area contributed by atoms with Crippen molar-refractivity contribution in [1.29, 1.82) is 0 Å². The summed E-state index contributed by atoms with van der Waals surface area (Å²) >= 11 is 0. The number of carbonyl (C=O) groups is 3. The molecule has 1 aliphatic rings. The molecule has 0 unspecified atom stereocenters. The highest BCUT2D eigenvalue weighted by Gasteiger charge is 2.33. The summed E-state index contributed by atoms with van der Waals surface area (Å²) < 4.78 is 0. The molecule has 5 heteroatoms. The van der Waals surface area contributed by atoms with E-state index in [1.54, 1.807) is 50.5 Å². The highest BCUT2D eigenvalue weighted by Crippen LogP contribution is 2.32. The van der Waals surface area contributed by atoms with E-state index in [1.165, 1.54) is 9.80 Å². The van der Waals surface area contributed by atoms with Gasteiger partial charge in [-0.05, 0) is 41.8 Å². The minimum absolute atomic E-state index is 0.136. The second kappa shape index (κ2) is 5.81. The lowest BCUT2D eigenvalue weighted by Gasteiger charge is -2.27. The van der Waals surface area contributed by atoms with Crippen LogP contribution in [0.1, 0.15) is 31.1 Å². The van der Waals surface area contributed by atoms with Gasteiger partial charge in [-0.2, -0.15) is 0 Å². The summed E-state index contributed by atoms with van der Waals surface area (Å²) in [5, 5.41) is 1.56. The molecule has 0 fully saturated rings. The molecule has 0 spiro atoms. The zero-order valence-corrected chi connectivity index (χ0v) is 14.4. The number of anilines is 1. The van der Waals surface area contributed by atoms with Gasteiger partial charge < -0.3 is 4.90 Å². The van der Waals surface area contributed by atoms with Crippen LogP contribution in [0.15, 0.2) is 60.7 Å². The first-order valence-corrected chi connectivity index (χ1v) is 8.21. The van der Waals surface area contributed by atoms with E-state index < -0.39 is 0 Å². The van der Waals surface area contributed by atoms with Crippen molar-refractivity contribution in [2.45, 2.75) is 0 Å². The second-order valence-electron chi connectivity index (χ2n) is 6.40. The third kappa shape index (κ3) is 2.29. The number of carbonyl (C=O) groups excluding carboxylic acids is 3. The molecule has 3 amide bonds. The van der Waals surface area contributed by atoms with E-state index in [0.717, 1.165) is 5.39 Å². The van der Waals surface area contributed by atoms with Gasteiger partial charge >= 0.3 is 0 Å². The molecule has 5 nitrogen and oxygen atoms in total. The predicted octanol–water partition coefficient (Wildman–Crippen LogP) is 3.34. The molecule has 0 radical (unpaired) electrons. The van der Waals surface area contributed by atoms with E-state index in [9.17, 15) is 14.4 Å². The molecular weight excluding hydrogens is 328 g/mol. The Morgan fingerprint density at radius 2 is 1.35 bits per heavy atom. The smallest absolute Gasteiger partial charge is 0.265 e. The molecule has 1 heterocycles. The summed E-state index contributed by atoms with van der Waals surface area (Å²) in [6, 6.07) is 17.4. The van der Waals surface area contributed by atoms with Crippen molar-refractivity contribution in [3.8, 4) is 0 Å². The molecule has 128 valence electrons. The van der Waals surface area contributed by atoms with Gasteiger partial charge in [-0.25, -0.2) is 4.90 Å². The summed E-state index contributed by atoms with van der Waals surface area (Å²) in [4.78, 5) is 40.6. The Bertz CT molecular complexity index is 1020. The van der Waals surface area contributed by atoms with E-state index in [0.29, 0.717) is 27.8 Å². The van der Waals surface area contributed by atoms with Gasteiger partial charge in [0.1, 0.15) is 0 Å². The Morgan fingerprint density at radius 3 is 1.85 bits per heavy atom. The lowest BCUT2D eigenvalue weighted by Crippen LogP contribution is -2.40. The van der Waals surface area contributed by atoms with Gasteiger partial charge in [0.05, 0.1) is 5.69 Å². The van der Waals surface area contributed by atoms with Crippen LogP contribution in [-0.2, 0) is 0 Å². The Hall–Kier alpha value is -3.47. The zero-order chi connectivity index (χ0) is 18.4. The lowest BCUT2D eigenvalue weighted by molar-refractivity contribution is 0.0826. The van der Waals surface area contributed by atoms with Crippen molar-refractivity contribution in [3.63, 3.8) is 0 Å². The monoisotopic (exact) mass is 344 g/mol. The highest BCUT2D eigenvalue weighted by atomic mass is 16.2. The maximum absolute atomic E-state index is 13.0. The Kier molecular flexibility index (Phi) is 3.58. The average molecular weight is 344 g/mol. The van der Waals surface area contributed by atoms with Crippen LogP contribution in [0.5, 0.6) is 0 Å². The van der Waals surface area contributed by atoms with Gasteiger partial charge in [0.25, 0.3) is 17.7 Å². The van der Waals surface area contributed by atoms with Crippen LogP contribution in [0.3, 0.4) is 0 Å². The molecular formula is C21H16N2O3. The zero-order valence-electron chi connectivity index (χ0n) is 14.4. The molecule has 0 N–H and O–H groups in total. The molecule has 0 aromatic heterocycles. The fourth-order valence-corrected chi connectivity index (χ4v) is 3.28. The van der Waals surface area contributed by atoms with E-state index in [2.05, 4.69) is 0 Å². The number of benzene rings is 3. The lowest BCUT2D eigenvalue weighted by atomic mass is 9.93. The SMILES string of the molecule is CN(C)C(=O)c1ccc(N2C(=O)c3cccc4cccc(c34)C2=O)cc1. The third-order valence-electron chi connectivity index (χ3n) is 4.55. The van der Waals surface area contributed by atoms with Crippen LogP contribution in [0, 0.1) is 0 Å². The molecule has 3 aromatic carbocycles. The first kappa shape index (κ1) is 16.0. The maximum Gasteiger partial charge on any atom is 0.265 e. The topological polar surface area (TPSA) is 57.7 Å². The molecule has 0 saturated heterocycles. The van der Waals surface area contributed by atoms with Gasteiger partial charge in [0.2, 0.25) is 0 Å². The fourth-order valence-electron chi connectivity index (χ4n) is 3.28. The van der Waals surface area contributed by atoms with E-state index in [4.69, 9.17) is 0 Å². The summed E-state index contributed by atoms with van der Waals surface area (Å²) in [6.45, 7) is 0. The standard InChI is InChI=1S/C21H16N2O3/c1-22(2)19(24)14-9-11-15(12-10-14)23-20(25)16-7-3-5-13-6-4-8-17(18(13)16)21(23)26/h3-12H,1-2H3. The van der Waals surface area contributed by atoms with Gasteiger partial charge in [0.15, 0.2) is 0 Å². The van der Waals surface area contributed by atoms with Crippen LogP contribution >= 0.6 is 0 Å². The van der Waals surface area contributed by atoms with E-state index in [1.807, 2.05) is 24.3 Å². The number of hydrogen-bond acceptors (Lipinski definition) is 3. The van der Waals surface area contributed by atoms with Crippen molar-refractivity contribution < 1.29 is 14.4 Å². The summed E-state index contributed by atoms with van der Waals surface area (Å²) in [6.07, 6.45) is 0. The average Bonchev–Trinajstić information content (AvgIpc) is 2.66. The minimum Gasteiger partial charge on any atom is -0.345 e. The van der Waals surface area contributed by atoms with Gasteiger partial charge in [-0.3, -0.25) is 14.4 Å². The number of nitrogens with zero attached hydrogens (tertiary/aromatic N) is 2. The number of rotatable bonds is 2. The molecule has 26 heavy (non-hydrogen) atoms. The molecule has 0 atom stereocenters. The maximum atomic E-state index is 13.0. The Balaban J connectivity index is 1.81. The van der Waals surface area contributed by atoms with E-state index >= 15 is 0 Å². The van der Waals surface area contributed by atoms with Crippen LogP contribution in [0.25, 0.3) is 10.8 Å². The number of amides is 3. The first-order valence-electron chi connectivity index (χ1n) is 8.21. The van der Waals surface area contributed by atoms with E-state index in [-0.39, 0.29) is 17.7 Å². The molecule has 0 bridgehead atoms. The quantitative estimate of drug-likeness (QED) is 0.670. The van der Waals surface area contributed by atoms with Crippen molar-refractivity contribution in [2.24, 2.45) is 0 Å². The van der Waals surface area contributed by atoms with Gasteiger partial charge in [0, 0.05) is 36.2 Å². The first-order chi connectivity index (χ1) is 12.5. The molecule has 0 aliphatic carbocycles. The molecule has 4 rings (SSSR count).